The van der Waals surface area contributed by atoms with Crippen LogP contribution in [-0.2, 0) is 4.74 Å². The predicted octanol–water partition coefficient (Wildman–Crippen LogP) is 0.577. The molecular formula is C12H11BrN8O3. The molecule has 11 nitrogen and oxygen atoms in total. The van der Waals surface area contributed by atoms with Gasteiger partial charge in [-0.1, -0.05) is 5.11 Å². The number of aromatic nitrogens is 3. The first-order valence-electron chi connectivity index (χ1n) is 6.73. The van der Waals surface area contributed by atoms with Crippen molar-refractivity contribution >= 4 is 32.8 Å². The highest BCUT2D eigenvalue weighted by molar-refractivity contribution is 9.10. The smallest absolute Gasteiger partial charge is 0.165 e. The maximum atomic E-state index is 10.3. The molecule has 1 aliphatic rings. The largest absolute Gasteiger partial charge is 0.388 e. The van der Waals surface area contributed by atoms with Crippen molar-refractivity contribution < 1.29 is 14.9 Å². The fourth-order valence-corrected chi connectivity index (χ4v) is 3.33. The van der Waals surface area contributed by atoms with Crippen molar-refractivity contribution in [2.24, 2.45) is 5.11 Å². The molecule has 0 bridgehead atoms. The van der Waals surface area contributed by atoms with Gasteiger partial charge < -0.3 is 20.7 Å². The molecule has 0 unspecified atom stereocenters. The number of anilines is 1. The van der Waals surface area contributed by atoms with Crippen molar-refractivity contribution in [1.29, 1.82) is 5.26 Å². The number of nitrogen functional groups attached to an aromatic ring is 1. The molecule has 2 aromatic heterocycles. The number of hydrogen-bond donors (Lipinski definition) is 3. The van der Waals surface area contributed by atoms with E-state index in [-0.39, 0.29) is 28.2 Å². The van der Waals surface area contributed by atoms with Gasteiger partial charge in [-0.15, -0.1) is 0 Å². The van der Waals surface area contributed by atoms with Gasteiger partial charge in [0, 0.05) is 4.91 Å². The topological polar surface area (TPSA) is 179 Å². The first kappa shape index (κ1) is 16.4. The Bertz CT molecular complexity index is 887. The minimum Gasteiger partial charge on any atom is -0.388 e. The summed E-state index contributed by atoms with van der Waals surface area (Å²) in [7, 11) is 0. The third kappa shape index (κ3) is 2.35. The van der Waals surface area contributed by atoms with Crippen LogP contribution in [0, 0.1) is 11.3 Å². The van der Waals surface area contributed by atoms with Crippen LogP contribution in [0.5, 0.6) is 0 Å². The minimum atomic E-state index is -1.32. The first-order valence-corrected chi connectivity index (χ1v) is 7.53. The van der Waals surface area contributed by atoms with Gasteiger partial charge in [-0.2, -0.15) is 5.26 Å². The Morgan fingerprint density at radius 1 is 1.50 bits per heavy atom. The lowest BCUT2D eigenvalue weighted by atomic mass is 10.1. The molecule has 0 aliphatic carbocycles. The number of halogens is 1. The number of hydrogen-bond acceptors (Lipinski definition) is 8. The second-order valence-corrected chi connectivity index (χ2v) is 5.82. The Kier molecular flexibility index (Phi) is 4.27. The predicted molar refractivity (Wildman–Crippen MR) is 84.3 cm³/mol. The fraction of sp³-hybridized carbons (Fsp3) is 0.417. The van der Waals surface area contributed by atoms with Crippen molar-refractivity contribution in [2.75, 3.05) is 12.3 Å². The van der Waals surface area contributed by atoms with E-state index in [1.807, 2.05) is 6.07 Å². The summed E-state index contributed by atoms with van der Waals surface area (Å²) >= 11 is 3.28. The molecular weight excluding hydrogens is 384 g/mol. The van der Waals surface area contributed by atoms with Crippen LogP contribution in [0.2, 0.25) is 0 Å². The standard InChI is InChI=1S/C12H11BrN8O3/c13-9-4(1-14)6-10(15)17-3-18-11(6)21(9)12-8(23)7(22)5(24-12)2-19-20-16/h3,5,7-8,12,22-23H,2H2,(H2,15,17,18)/t5-,7-,8-,12-/m1/s1. The van der Waals surface area contributed by atoms with Gasteiger partial charge in [0.25, 0.3) is 0 Å². The molecule has 0 amide bonds. The molecule has 3 heterocycles. The van der Waals surface area contributed by atoms with Crippen molar-refractivity contribution in [3.63, 3.8) is 0 Å². The number of ether oxygens (including phenoxy) is 1. The summed E-state index contributed by atoms with van der Waals surface area (Å²) in [6, 6.07) is 2.00. The normalized spacial score (nSPS) is 26.2. The van der Waals surface area contributed by atoms with Crippen LogP contribution in [0.1, 0.15) is 11.8 Å². The maximum absolute atomic E-state index is 10.3. The number of aliphatic hydroxyl groups is 2. The highest BCUT2D eigenvalue weighted by atomic mass is 79.9. The van der Waals surface area contributed by atoms with E-state index in [2.05, 4.69) is 35.9 Å². The Morgan fingerprint density at radius 2 is 2.25 bits per heavy atom. The van der Waals surface area contributed by atoms with Crippen molar-refractivity contribution in [3.8, 4) is 6.07 Å². The Morgan fingerprint density at radius 3 is 2.92 bits per heavy atom. The molecule has 4 N–H and O–H groups in total. The van der Waals surface area contributed by atoms with Crippen LogP contribution in [-0.4, -0.2) is 49.6 Å². The lowest BCUT2D eigenvalue weighted by molar-refractivity contribution is -0.0330. The third-order valence-electron chi connectivity index (χ3n) is 3.78. The van der Waals surface area contributed by atoms with Crippen LogP contribution in [0.25, 0.3) is 21.5 Å². The summed E-state index contributed by atoms with van der Waals surface area (Å²) in [5.74, 6) is 0.106. The SMILES string of the molecule is N#Cc1c(Br)n([C@@H]2O[C@H](CN=[N+]=[N-])[C@@H](O)[C@H]2O)c2ncnc(N)c12. The van der Waals surface area contributed by atoms with Crippen molar-refractivity contribution in [2.45, 2.75) is 24.5 Å². The highest BCUT2D eigenvalue weighted by Gasteiger charge is 2.45. The van der Waals surface area contributed by atoms with E-state index in [1.54, 1.807) is 0 Å². The van der Waals surface area contributed by atoms with E-state index in [0.29, 0.717) is 5.39 Å². The summed E-state index contributed by atoms with van der Waals surface area (Å²) in [6.07, 6.45) is -3.31. The molecule has 0 radical (unpaired) electrons. The van der Waals surface area contributed by atoms with Crippen LogP contribution < -0.4 is 5.73 Å². The molecule has 0 spiro atoms. The van der Waals surface area contributed by atoms with Gasteiger partial charge in [-0.25, -0.2) is 9.97 Å². The van der Waals surface area contributed by atoms with E-state index >= 15 is 0 Å². The van der Waals surface area contributed by atoms with Gasteiger partial charge in [0.2, 0.25) is 0 Å². The molecule has 1 saturated heterocycles. The van der Waals surface area contributed by atoms with Crippen molar-refractivity contribution in [3.05, 3.63) is 26.9 Å². The molecule has 1 fully saturated rings. The zero-order valence-corrected chi connectivity index (χ0v) is 13.6. The Balaban J connectivity index is 2.14. The quantitative estimate of drug-likeness (QED) is 0.386. The van der Waals surface area contributed by atoms with Gasteiger partial charge in [-0.05, 0) is 21.5 Å². The van der Waals surface area contributed by atoms with Gasteiger partial charge in [0.1, 0.15) is 40.7 Å². The van der Waals surface area contributed by atoms with Gasteiger partial charge >= 0.3 is 0 Å². The average Bonchev–Trinajstić information content (AvgIpc) is 3.01. The molecule has 3 rings (SSSR count). The summed E-state index contributed by atoms with van der Waals surface area (Å²) in [6.45, 7) is -0.149. The summed E-state index contributed by atoms with van der Waals surface area (Å²) in [5, 5.41) is 33.4. The number of aliphatic hydroxyl groups excluding tert-OH is 2. The third-order valence-corrected chi connectivity index (χ3v) is 4.56. The number of nitrogens with two attached hydrogens (primary N) is 1. The number of azide groups is 1. The zero-order chi connectivity index (χ0) is 17.4. The molecule has 2 aromatic rings. The lowest BCUT2D eigenvalue weighted by Gasteiger charge is -2.18. The summed E-state index contributed by atoms with van der Waals surface area (Å²) in [5.41, 5.74) is 14.7. The average molecular weight is 395 g/mol. The highest BCUT2D eigenvalue weighted by Crippen LogP contribution is 2.39. The summed E-state index contributed by atoms with van der Waals surface area (Å²) in [4.78, 5) is 10.6. The lowest BCUT2D eigenvalue weighted by Crippen LogP contribution is -2.32. The van der Waals surface area contributed by atoms with E-state index in [4.69, 9.17) is 16.0 Å². The van der Waals surface area contributed by atoms with Crippen LogP contribution in [0.3, 0.4) is 0 Å². The maximum Gasteiger partial charge on any atom is 0.165 e. The van der Waals surface area contributed by atoms with E-state index in [0.717, 1.165) is 0 Å². The number of fused-ring (bicyclic) bond motifs is 1. The Hall–Kier alpha value is -2.42. The van der Waals surface area contributed by atoms with E-state index in [9.17, 15) is 15.5 Å². The second kappa shape index (κ2) is 6.23. The molecule has 24 heavy (non-hydrogen) atoms. The molecule has 12 heteroatoms. The van der Waals surface area contributed by atoms with Gasteiger partial charge in [0.15, 0.2) is 6.23 Å². The van der Waals surface area contributed by atoms with Gasteiger partial charge in [0.05, 0.1) is 23.6 Å². The van der Waals surface area contributed by atoms with Crippen LogP contribution in [0.15, 0.2) is 16.0 Å². The molecule has 1 aliphatic heterocycles. The first-order chi connectivity index (χ1) is 11.5. The number of rotatable bonds is 3. The van der Waals surface area contributed by atoms with Crippen LogP contribution in [0.4, 0.5) is 5.82 Å². The van der Waals surface area contributed by atoms with Gasteiger partial charge in [-0.3, -0.25) is 4.57 Å². The van der Waals surface area contributed by atoms with E-state index in [1.165, 1.54) is 10.9 Å². The number of nitrogens with zero attached hydrogens (tertiary/aromatic N) is 7. The number of nitriles is 1. The van der Waals surface area contributed by atoms with E-state index < -0.39 is 24.5 Å². The summed E-state index contributed by atoms with van der Waals surface area (Å²) < 4.78 is 7.32. The minimum absolute atomic E-state index is 0.106. The monoisotopic (exact) mass is 394 g/mol. The second-order valence-electron chi connectivity index (χ2n) is 5.06. The van der Waals surface area contributed by atoms with Crippen LogP contribution >= 0.6 is 15.9 Å². The Labute approximate surface area is 143 Å². The molecule has 0 aromatic carbocycles. The molecule has 4 atom stereocenters. The fourth-order valence-electron chi connectivity index (χ4n) is 2.67. The molecule has 0 saturated carbocycles. The van der Waals surface area contributed by atoms with Crippen molar-refractivity contribution in [1.82, 2.24) is 14.5 Å². The zero-order valence-electron chi connectivity index (χ0n) is 12.0. The molecule has 124 valence electrons.